The smallest absolute Gasteiger partial charge is 0.307 e. The summed E-state index contributed by atoms with van der Waals surface area (Å²) in [5.74, 6) is -0.497. The third-order valence-corrected chi connectivity index (χ3v) is 15.0. The molecule has 0 saturated heterocycles. The van der Waals surface area contributed by atoms with Crippen LogP contribution < -0.4 is 0 Å². The van der Waals surface area contributed by atoms with Crippen molar-refractivity contribution >= 4 is 11.9 Å². The highest BCUT2D eigenvalue weighted by molar-refractivity contribution is 5.69. The average molecular weight is 1060 g/mol. The van der Waals surface area contributed by atoms with Crippen molar-refractivity contribution in [2.75, 3.05) is 92.8 Å². The normalized spacial score (nSPS) is 13.6. The molecule has 0 heterocycles. The van der Waals surface area contributed by atoms with Crippen LogP contribution in [0.3, 0.4) is 0 Å². The van der Waals surface area contributed by atoms with E-state index in [2.05, 4.69) is 47.3 Å². The number of hydrogen-bond donors (Lipinski definition) is 4. The lowest BCUT2D eigenvalue weighted by atomic mass is 10.0. The zero-order valence-corrected chi connectivity index (χ0v) is 49.9. The lowest BCUT2D eigenvalue weighted by molar-refractivity contribution is -0.145. The Kier molecular flexibility index (Phi) is 53.9. The lowest BCUT2D eigenvalue weighted by Crippen LogP contribution is -2.40. The molecule has 0 bridgehead atoms. The van der Waals surface area contributed by atoms with Gasteiger partial charge in [0.05, 0.1) is 37.3 Å². The number of aliphatic hydroxyl groups excluding tert-OH is 4. The number of carbonyl (C=O) groups is 2. The molecule has 0 aliphatic heterocycles. The minimum atomic E-state index is -0.464. The number of likely N-dealkylation sites (N-methyl/N-ethyl adjacent to an activating group) is 2. The summed E-state index contributed by atoms with van der Waals surface area (Å²) in [6.45, 7) is 14.9. The van der Waals surface area contributed by atoms with Crippen molar-refractivity contribution < 1.29 is 39.5 Å². The molecule has 0 aromatic heterocycles. The summed E-state index contributed by atoms with van der Waals surface area (Å²) in [6, 6.07) is 0. The highest BCUT2D eigenvalue weighted by Gasteiger charge is 2.19. The average Bonchev–Trinajstić information content (AvgIpc) is 3.37. The minimum Gasteiger partial charge on any atom is -0.464 e. The van der Waals surface area contributed by atoms with E-state index in [0.29, 0.717) is 52.4 Å². The van der Waals surface area contributed by atoms with Crippen molar-refractivity contribution in [3.05, 3.63) is 0 Å². The molecule has 0 aromatic carbocycles. The van der Waals surface area contributed by atoms with Crippen molar-refractivity contribution in [3.8, 4) is 0 Å². The SMILES string of the molecule is CCCCCCCCCCC(O)CN(CCOC(=O)CCN(C)CCN(C)CCC(=O)OCCN(CC(O)CCCCCCCCCC)CC(O)CCCCCCCCCC)CC(O)CCCCCCCCCC. The van der Waals surface area contributed by atoms with Crippen molar-refractivity contribution in [3.63, 3.8) is 0 Å². The topological polar surface area (TPSA) is 146 Å². The van der Waals surface area contributed by atoms with E-state index in [-0.39, 0.29) is 38.0 Å². The Labute approximate surface area is 458 Å². The molecule has 0 spiro atoms. The molecule has 12 nitrogen and oxygen atoms in total. The van der Waals surface area contributed by atoms with E-state index in [0.717, 1.165) is 90.1 Å². The molecular weight excluding hydrogens is 929 g/mol. The van der Waals surface area contributed by atoms with E-state index in [1.54, 1.807) is 0 Å². The Bertz CT molecular complexity index is 1040. The van der Waals surface area contributed by atoms with Gasteiger partial charge in [0.1, 0.15) is 13.2 Å². The van der Waals surface area contributed by atoms with Crippen LogP contribution in [0, 0.1) is 0 Å². The summed E-state index contributed by atoms with van der Waals surface area (Å²) >= 11 is 0. The molecule has 0 aromatic rings. The second-order valence-electron chi connectivity index (χ2n) is 22.7. The molecule has 0 aliphatic rings. The Hall–Kier alpha value is -1.38. The molecule has 0 rings (SSSR count). The van der Waals surface area contributed by atoms with Crippen LogP contribution in [0.2, 0.25) is 0 Å². The molecule has 4 N–H and O–H groups in total. The number of aliphatic hydroxyl groups is 4. The number of unbranched alkanes of at least 4 members (excludes halogenated alkanes) is 28. The first-order valence-electron chi connectivity index (χ1n) is 31.8. The molecule has 0 amide bonds. The summed E-state index contributed by atoms with van der Waals surface area (Å²) in [6.07, 6.45) is 41.0. The fourth-order valence-electron chi connectivity index (χ4n) is 9.98. The van der Waals surface area contributed by atoms with Crippen LogP contribution in [0.15, 0.2) is 0 Å². The van der Waals surface area contributed by atoms with Crippen LogP contribution in [0.1, 0.15) is 272 Å². The first-order valence-corrected chi connectivity index (χ1v) is 31.8. The quantitative estimate of drug-likeness (QED) is 0.0340. The third kappa shape index (κ3) is 51.4. The largest absolute Gasteiger partial charge is 0.464 e. The zero-order chi connectivity index (χ0) is 54.5. The molecule has 4 unspecified atom stereocenters. The second kappa shape index (κ2) is 55.0. The molecule has 74 heavy (non-hydrogen) atoms. The fraction of sp³-hybridized carbons (Fsp3) is 0.968. The van der Waals surface area contributed by atoms with Gasteiger partial charge in [-0.3, -0.25) is 19.4 Å². The van der Waals surface area contributed by atoms with E-state index < -0.39 is 24.4 Å². The Balaban J connectivity index is 4.76. The maximum Gasteiger partial charge on any atom is 0.307 e. The zero-order valence-electron chi connectivity index (χ0n) is 49.9. The minimum absolute atomic E-state index is 0.233. The van der Waals surface area contributed by atoms with Crippen molar-refractivity contribution in [1.82, 2.24) is 19.6 Å². The van der Waals surface area contributed by atoms with Gasteiger partial charge in [-0.2, -0.15) is 0 Å². The van der Waals surface area contributed by atoms with Gasteiger partial charge in [-0.15, -0.1) is 0 Å². The maximum absolute atomic E-state index is 12.8. The van der Waals surface area contributed by atoms with E-state index in [9.17, 15) is 30.0 Å². The molecular formula is C62H126N4O8. The summed E-state index contributed by atoms with van der Waals surface area (Å²) < 4.78 is 11.4. The van der Waals surface area contributed by atoms with Crippen molar-refractivity contribution in [2.24, 2.45) is 0 Å². The monoisotopic (exact) mass is 1050 g/mol. The fourth-order valence-corrected chi connectivity index (χ4v) is 9.98. The number of ether oxygens (including phenoxy) is 2. The number of rotatable bonds is 59. The number of carbonyl (C=O) groups excluding carboxylic acids is 2. The van der Waals surface area contributed by atoms with Crippen LogP contribution in [0.25, 0.3) is 0 Å². The van der Waals surface area contributed by atoms with Gasteiger partial charge in [0.25, 0.3) is 0 Å². The summed E-state index contributed by atoms with van der Waals surface area (Å²) in [7, 11) is 3.98. The van der Waals surface area contributed by atoms with Gasteiger partial charge < -0.3 is 39.7 Å². The second-order valence-corrected chi connectivity index (χ2v) is 22.7. The number of esters is 2. The Morgan fingerprint density at radius 2 is 0.541 bits per heavy atom. The van der Waals surface area contributed by atoms with Crippen LogP contribution in [0.4, 0.5) is 0 Å². The van der Waals surface area contributed by atoms with E-state index >= 15 is 0 Å². The van der Waals surface area contributed by atoms with Gasteiger partial charge in [-0.25, -0.2) is 0 Å². The molecule has 0 radical (unpaired) electrons. The van der Waals surface area contributed by atoms with Crippen LogP contribution in [0.5, 0.6) is 0 Å². The predicted octanol–water partition coefficient (Wildman–Crippen LogP) is 12.9. The number of nitrogens with zero attached hydrogens (tertiary/aromatic N) is 4. The lowest BCUT2D eigenvalue weighted by Gasteiger charge is -2.27. The molecule has 0 saturated carbocycles. The van der Waals surface area contributed by atoms with Gasteiger partial charge in [-0.1, -0.05) is 233 Å². The van der Waals surface area contributed by atoms with Gasteiger partial charge in [0, 0.05) is 65.4 Å². The van der Waals surface area contributed by atoms with E-state index in [1.165, 1.54) is 154 Å². The molecule has 0 aliphatic carbocycles. The standard InChI is InChI=1S/C62H126N4O8/c1-7-11-15-19-23-27-31-35-39-57(67)53-65(54-58(68)40-36-32-28-24-20-16-12-8-2)49-51-73-61(71)43-45-63(5)47-48-64(6)46-44-62(72)74-52-50-66(55-59(69)41-37-33-29-25-21-17-13-9-3)56-60(70)42-38-34-30-26-22-18-14-10-4/h57-60,67-70H,7-56H2,1-6H3. The van der Waals surface area contributed by atoms with Crippen LogP contribution in [-0.4, -0.2) is 169 Å². The van der Waals surface area contributed by atoms with Gasteiger partial charge in [-0.05, 0) is 39.8 Å². The molecule has 4 atom stereocenters. The Morgan fingerprint density at radius 1 is 0.324 bits per heavy atom. The predicted molar refractivity (Wildman–Crippen MR) is 312 cm³/mol. The van der Waals surface area contributed by atoms with Crippen LogP contribution in [-0.2, 0) is 19.1 Å². The van der Waals surface area contributed by atoms with Crippen molar-refractivity contribution in [2.45, 2.75) is 296 Å². The first kappa shape index (κ1) is 72.6. The van der Waals surface area contributed by atoms with E-state index in [4.69, 9.17) is 9.47 Å². The molecule has 0 fully saturated rings. The summed E-state index contributed by atoms with van der Waals surface area (Å²) in [5.41, 5.74) is 0. The summed E-state index contributed by atoms with van der Waals surface area (Å²) in [4.78, 5) is 34.0. The molecule has 12 heteroatoms. The van der Waals surface area contributed by atoms with Gasteiger partial charge in [0.15, 0.2) is 0 Å². The van der Waals surface area contributed by atoms with Gasteiger partial charge in [0.2, 0.25) is 0 Å². The number of hydrogen-bond acceptors (Lipinski definition) is 12. The molecule has 442 valence electrons. The van der Waals surface area contributed by atoms with E-state index in [1.807, 2.05) is 14.1 Å². The maximum atomic E-state index is 12.8. The summed E-state index contributed by atoms with van der Waals surface area (Å²) in [5, 5.41) is 43.9. The van der Waals surface area contributed by atoms with Crippen LogP contribution >= 0.6 is 0 Å². The Morgan fingerprint density at radius 3 is 0.770 bits per heavy atom. The first-order chi connectivity index (χ1) is 35.9. The van der Waals surface area contributed by atoms with Gasteiger partial charge >= 0.3 is 11.9 Å². The third-order valence-electron chi connectivity index (χ3n) is 15.0. The highest BCUT2D eigenvalue weighted by atomic mass is 16.5. The highest BCUT2D eigenvalue weighted by Crippen LogP contribution is 2.16. The van der Waals surface area contributed by atoms with Crippen molar-refractivity contribution in [1.29, 1.82) is 0 Å².